The molecule has 0 aliphatic rings. The fraction of sp³-hybridized carbons (Fsp3) is 0.273. The van der Waals surface area contributed by atoms with E-state index in [4.69, 9.17) is 5.73 Å². The van der Waals surface area contributed by atoms with E-state index in [1.54, 1.807) is 10.8 Å². The zero-order chi connectivity index (χ0) is 11.4. The van der Waals surface area contributed by atoms with Crippen molar-refractivity contribution < 1.29 is 0 Å². The molecule has 84 valence electrons. The Balaban J connectivity index is 2.22. The summed E-state index contributed by atoms with van der Waals surface area (Å²) in [5, 5.41) is 7.42. The largest absolute Gasteiger partial charge is 0.366 e. The van der Waals surface area contributed by atoms with Gasteiger partial charge in [0.2, 0.25) is 0 Å². The van der Waals surface area contributed by atoms with Gasteiger partial charge in [0.1, 0.15) is 12.1 Å². The number of rotatable bonds is 4. The molecule has 0 unspecified atom stereocenters. The molecule has 0 fully saturated rings. The second-order valence-electron chi connectivity index (χ2n) is 3.54. The van der Waals surface area contributed by atoms with Crippen molar-refractivity contribution in [3.63, 3.8) is 0 Å². The lowest BCUT2D eigenvalue weighted by Gasteiger charge is -2.06. The van der Waals surface area contributed by atoms with E-state index in [1.807, 2.05) is 31.2 Å². The van der Waals surface area contributed by atoms with Gasteiger partial charge in [0.25, 0.3) is 0 Å². The number of pyridine rings is 1. The van der Waals surface area contributed by atoms with E-state index < -0.39 is 0 Å². The predicted molar refractivity (Wildman–Crippen MR) is 64.4 cm³/mol. The summed E-state index contributed by atoms with van der Waals surface area (Å²) in [5.41, 5.74) is 7.37. The summed E-state index contributed by atoms with van der Waals surface area (Å²) < 4.78 is 1.78. The van der Waals surface area contributed by atoms with Gasteiger partial charge in [-0.15, -0.1) is 0 Å². The third kappa shape index (κ3) is 2.20. The minimum atomic E-state index is 0.564. The van der Waals surface area contributed by atoms with E-state index in [0.717, 1.165) is 23.6 Å². The summed E-state index contributed by atoms with van der Waals surface area (Å²) in [4.78, 5) is 4.16. The normalized spacial score (nSPS) is 11.4. The van der Waals surface area contributed by atoms with Crippen LogP contribution in [0.25, 0.3) is 5.65 Å². The number of fused-ring (bicyclic) bond motifs is 1. The monoisotopic (exact) mass is 217 g/mol. The highest BCUT2D eigenvalue weighted by Gasteiger charge is 2.02. The van der Waals surface area contributed by atoms with Gasteiger partial charge in [-0.25, -0.2) is 4.98 Å². The molecule has 0 aromatic carbocycles. The molecule has 0 aliphatic heterocycles. The quantitative estimate of drug-likeness (QED) is 0.749. The van der Waals surface area contributed by atoms with Crippen LogP contribution in [0.3, 0.4) is 0 Å². The Morgan fingerprint density at radius 1 is 1.44 bits per heavy atom. The van der Waals surface area contributed by atoms with Crippen LogP contribution >= 0.6 is 0 Å². The molecule has 16 heavy (non-hydrogen) atoms. The smallest absolute Gasteiger partial charge is 0.157 e. The summed E-state index contributed by atoms with van der Waals surface area (Å²) in [5.74, 6) is 0.939. The third-order valence-electron chi connectivity index (χ3n) is 2.23. The van der Waals surface area contributed by atoms with Crippen LogP contribution in [0.1, 0.15) is 5.56 Å². The second-order valence-corrected chi connectivity index (χ2v) is 3.54. The molecular weight excluding hydrogens is 202 g/mol. The number of anilines is 1. The van der Waals surface area contributed by atoms with Crippen LogP contribution in [0.15, 0.2) is 30.6 Å². The van der Waals surface area contributed by atoms with E-state index in [9.17, 15) is 0 Å². The van der Waals surface area contributed by atoms with Crippen molar-refractivity contribution in [1.82, 2.24) is 14.6 Å². The first-order valence-electron chi connectivity index (χ1n) is 5.20. The number of aryl methyl sites for hydroxylation is 1. The fourth-order valence-electron chi connectivity index (χ4n) is 1.53. The molecule has 0 saturated heterocycles. The first-order chi connectivity index (χ1) is 7.81. The van der Waals surface area contributed by atoms with Crippen LogP contribution < -0.4 is 11.1 Å². The number of aromatic nitrogens is 3. The van der Waals surface area contributed by atoms with Gasteiger partial charge in [-0.1, -0.05) is 12.2 Å². The Bertz CT molecular complexity index is 500. The molecule has 0 bridgehead atoms. The number of nitrogens with one attached hydrogen (secondary N) is 1. The number of nitrogens with two attached hydrogens (primary N) is 1. The molecule has 3 N–H and O–H groups in total. The maximum atomic E-state index is 5.36. The van der Waals surface area contributed by atoms with Gasteiger partial charge in [0.05, 0.1) is 0 Å². The van der Waals surface area contributed by atoms with Crippen LogP contribution in [0.4, 0.5) is 5.82 Å². The minimum absolute atomic E-state index is 0.564. The summed E-state index contributed by atoms with van der Waals surface area (Å²) >= 11 is 0. The number of hydrogen-bond donors (Lipinski definition) is 2. The molecule has 5 heteroatoms. The predicted octanol–water partition coefficient (Wildman–Crippen LogP) is 0.965. The summed E-state index contributed by atoms with van der Waals surface area (Å²) in [6.07, 6.45) is 5.46. The second kappa shape index (κ2) is 4.76. The standard InChI is InChI=1S/C11H15N5/c1-9-6-10(13-5-3-2-4-12)16-11(7-9)14-8-15-16/h2-3,6-8,13H,4-5,12H2,1H3/b3-2+. The lowest BCUT2D eigenvalue weighted by atomic mass is 10.3. The summed E-state index contributed by atoms with van der Waals surface area (Å²) in [7, 11) is 0. The molecule has 0 amide bonds. The Morgan fingerprint density at radius 2 is 2.31 bits per heavy atom. The maximum Gasteiger partial charge on any atom is 0.157 e. The van der Waals surface area contributed by atoms with Crippen molar-refractivity contribution in [2.75, 3.05) is 18.4 Å². The van der Waals surface area contributed by atoms with Gasteiger partial charge < -0.3 is 11.1 Å². The highest BCUT2D eigenvalue weighted by molar-refractivity contribution is 5.51. The fourth-order valence-corrected chi connectivity index (χ4v) is 1.53. The number of nitrogens with zero attached hydrogens (tertiary/aromatic N) is 3. The zero-order valence-corrected chi connectivity index (χ0v) is 9.22. The van der Waals surface area contributed by atoms with Crippen molar-refractivity contribution in [3.05, 3.63) is 36.2 Å². The average Bonchev–Trinajstić information content (AvgIpc) is 2.72. The van der Waals surface area contributed by atoms with E-state index >= 15 is 0 Å². The molecule has 2 aromatic heterocycles. The van der Waals surface area contributed by atoms with Crippen molar-refractivity contribution in [1.29, 1.82) is 0 Å². The highest BCUT2D eigenvalue weighted by Crippen LogP contribution is 2.12. The van der Waals surface area contributed by atoms with Gasteiger partial charge in [0.15, 0.2) is 5.65 Å². The van der Waals surface area contributed by atoms with Crippen LogP contribution in [0.2, 0.25) is 0 Å². The van der Waals surface area contributed by atoms with Gasteiger partial charge >= 0.3 is 0 Å². The Labute approximate surface area is 94.0 Å². The topological polar surface area (TPSA) is 68.2 Å². The van der Waals surface area contributed by atoms with Gasteiger partial charge in [-0.3, -0.25) is 0 Å². The molecule has 0 spiro atoms. The SMILES string of the molecule is Cc1cc(NC/C=C/CN)n2ncnc2c1. The Kier molecular flexibility index (Phi) is 3.16. The average molecular weight is 217 g/mol. The molecule has 0 radical (unpaired) electrons. The molecule has 0 atom stereocenters. The molecule has 2 rings (SSSR count). The van der Waals surface area contributed by atoms with E-state index in [0.29, 0.717) is 6.54 Å². The molecule has 0 saturated carbocycles. The van der Waals surface area contributed by atoms with Crippen LogP contribution in [0.5, 0.6) is 0 Å². The van der Waals surface area contributed by atoms with E-state index in [-0.39, 0.29) is 0 Å². The van der Waals surface area contributed by atoms with Crippen LogP contribution in [0, 0.1) is 6.92 Å². The molecule has 2 aromatic rings. The van der Waals surface area contributed by atoms with Crippen molar-refractivity contribution >= 4 is 11.5 Å². The summed E-state index contributed by atoms with van der Waals surface area (Å²) in [6.45, 7) is 3.33. The van der Waals surface area contributed by atoms with Crippen LogP contribution in [-0.4, -0.2) is 27.7 Å². The number of hydrogen-bond acceptors (Lipinski definition) is 4. The minimum Gasteiger partial charge on any atom is -0.366 e. The van der Waals surface area contributed by atoms with Crippen LogP contribution in [-0.2, 0) is 0 Å². The third-order valence-corrected chi connectivity index (χ3v) is 2.23. The lowest BCUT2D eigenvalue weighted by Crippen LogP contribution is -2.06. The molecule has 0 aliphatic carbocycles. The van der Waals surface area contributed by atoms with E-state index in [2.05, 4.69) is 15.4 Å². The van der Waals surface area contributed by atoms with Crippen molar-refractivity contribution in [2.24, 2.45) is 5.73 Å². The van der Waals surface area contributed by atoms with Gasteiger partial charge in [-0.05, 0) is 24.6 Å². The lowest BCUT2D eigenvalue weighted by molar-refractivity contribution is 0.954. The first kappa shape index (κ1) is 10.6. The molecule has 2 heterocycles. The Hall–Kier alpha value is -1.88. The first-order valence-corrected chi connectivity index (χ1v) is 5.20. The zero-order valence-electron chi connectivity index (χ0n) is 9.22. The molecule has 5 nitrogen and oxygen atoms in total. The Morgan fingerprint density at radius 3 is 3.12 bits per heavy atom. The van der Waals surface area contributed by atoms with Gasteiger partial charge in [0, 0.05) is 13.1 Å². The maximum absolute atomic E-state index is 5.36. The van der Waals surface area contributed by atoms with E-state index in [1.165, 1.54) is 0 Å². The summed E-state index contributed by atoms with van der Waals surface area (Å²) in [6, 6.07) is 4.03. The highest BCUT2D eigenvalue weighted by atomic mass is 15.3. The van der Waals surface area contributed by atoms with Gasteiger partial charge in [-0.2, -0.15) is 9.61 Å². The van der Waals surface area contributed by atoms with Crippen molar-refractivity contribution in [2.45, 2.75) is 6.92 Å². The van der Waals surface area contributed by atoms with Crippen molar-refractivity contribution in [3.8, 4) is 0 Å². The molecular formula is C11H15N5.